The molecule has 28 heavy (non-hydrogen) atoms. The molecule has 0 saturated heterocycles. The zero-order valence-electron chi connectivity index (χ0n) is 14.5. The van der Waals surface area contributed by atoms with E-state index in [4.69, 9.17) is 9.47 Å². The average Bonchev–Trinajstić information content (AvgIpc) is 2.64. The maximum atomic E-state index is 12.7. The van der Waals surface area contributed by atoms with Crippen LogP contribution in [-0.2, 0) is 0 Å². The number of ketones is 1. The summed E-state index contributed by atoms with van der Waals surface area (Å²) in [7, 11) is 1.45. The molecule has 0 bridgehead atoms. The number of carbonyl (C=O) groups excluding carboxylic acids is 1. The number of carbonyl (C=O) groups is 1. The number of Topliss-reactive ketones (excluding diaryl/α,β-unsaturated/α-hetero) is 1. The van der Waals surface area contributed by atoms with Crippen LogP contribution in [0.1, 0.15) is 15.9 Å². The molecule has 2 aromatic rings. The van der Waals surface area contributed by atoms with Gasteiger partial charge in [0.25, 0.3) is 0 Å². The van der Waals surface area contributed by atoms with E-state index in [1.165, 1.54) is 25.3 Å². The molecule has 0 saturated carbocycles. The average molecular weight is 398 g/mol. The van der Waals surface area contributed by atoms with Crippen LogP contribution in [0.25, 0.3) is 6.08 Å². The van der Waals surface area contributed by atoms with Crippen LogP contribution in [0, 0.1) is 0 Å². The van der Waals surface area contributed by atoms with E-state index in [1.54, 1.807) is 12.1 Å². The number of hydrogen-bond donors (Lipinski definition) is 0. The number of fused-ring (bicyclic) bond motifs is 1. The van der Waals surface area contributed by atoms with Crippen LogP contribution in [0.3, 0.4) is 0 Å². The highest BCUT2D eigenvalue weighted by Gasteiger charge is 2.24. The van der Waals surface area contributed by atoms with Crippen molar-refractivity contribution in [2.45, 2.75) is 13.2 Å². The molecule has 0 amide bonds. The van der Waals surface area contributed by atoms with Gasteiger partial charge in [0.05, 0.1) is 12.7 Å². The number of ether oxygens (including phenoxy) is 4. The van der Waals surface area contributed by atoms with Crippen LogP contribution >= 0.6 is 0 Å². The van der Waals surface area contributed by atoms with Gasteiger partial charge in [0.2, 0.25) is 0 Å². The van der Waals surface area contributed by atoms with E-state index in [0.717, 1.165) is 12.1 Å². The van der Waals surface area contributed by atoms with Crippen molar-refractivity contribution in [3.8, 4) is 23.0 Å². The van der Waals surface area contributed by atoms with Crippen LogP contribution in [0.4, 0.5) is 17.6 Å². The number of hydrogen-bond acceptors (Lipinski definition) is 5. The molecule has 5 nitrogen and oxygen atoms in total. The van der Waals surface area contributed by atoms with Gasteiger partial charge < -0.3 is 18.9 Å². The second-order valence-corrected chi connectivity index (χ2v) is 5.61. The zero-order valence-corrected chi connectivity index (χ0v) is 14.5. The quantitative estimate of drug-likeness (QED) is 0.528. The number of methoxy groups -OCH3 is 1. The molecule has 1 heterocycles. The fraction of sp³-hybridized carbons (Fsp3) is 0.211. The molecule has 0 radical (unpaired) electrons. The standard InChI is InChI=1S/C19H14F4O5/c1-25-12-4-5-15-14(7-12)17(24)11(9-26-15)6-10-2-3-13(27-18(20)21)8-16(10)28-19(22)23/h2-8,18-19H,9H2,1H3/b11-6+. The van der Waals surface area contributed by atoms with E-state index in [0.29, 0.717) is 11.5 Å². The molecule has 0 aliphatic carbocycles. The fourth-order valence-electron chi connectivity index (χ4n) is 2.64. The first-order chi connectivity index (χ1) is 13.4. The SMILES string of the molecule is COc1ccc2c(c1)C(=O)/C(=C/c1ccc(OC(F)F)cc1OC(F)F)CO2. The Morgan fingerprint density at radius 1 is 1.00 bits per heavy atom. The lowest BCUT2D eigenvalue weighted by molar-refractivity contribution is -0.0543. The van der Waals surface area contributed by atoms with Gasteiger partial charge in [-0.15, -0.1) is 0 Å². The van der Waals surface area contributed by atoms with Gasteiger partial charge in [-0.05, 0) is 36.4 Å². The summed E-state index contributed by atoms with van der Waals surface area (Å²) in [5.41, 5.74) is 0.508. The van der Waals surface area contributed by atoms with Crippen LogP contribution in [0.15, 0.2) is 42.0 Å². The second-order valence-electron chi connectivity index (χ2n) is 5.61. The van der Waals surface area contributed by atoms with E-state index in [2.05, 4.69) is 9.47 Å². The van der Waals surface area contributed by atoms with E-state index in [-0.39, 0.29) is 34.8 Å². The van der Waals surface area contributed by atoms with Crippen molar-refractivity contribution in [1.82, 2.24) is 0 Å². The largest absolute Gasteiger partial charge is 0.497 e. The van der Waals surface area contributed by atoms with E-state index < -0.39 is 19.0 Å². The van der Waals surface area contributed by atoms with Gasteiger partial charge in [0, 0.05) is 17.2 Å². The Morgan fingerprint density at radius 2 is 1.71 bits per heavy atom. The molecule has 0 unspecified atom stereocenters. The molecule has 1 aliphatic rings. The molecule has 9 heteroatoms. The first-order valence-corrected chi connectivity index (χ1v) is 7.97. The Morgan fingerprint density at radius 3 is 2.39 bits per heavy atom. The minimum atomic E-state index is -3.19. The van der Waals surface area contributed by atoms with Crippen molar-refractivity contribution in [3.05, 3.63) is 53.1 Å². The number of rotatable bonds is 6. The Labute approximate surface area is 157 Å². The third-order valence-electron chi connectivity index (χ3n) is 3.86. The Kier molecular flexibility index (Phi) is 5.72. The fourth-order valence-corrected chi connectivity index (χ4v) is 2.64. The molecule has 2 aromatic carbocycles. The Balaban J connectivity index is 1.96. The van der Waals surface area contributed by atoms with Gasteiger partial charge in [-0.25, -0.2) is 0 Å². The van der Waals surface area contributed by atoms with Gasteiger partial charge in [0.15, 0.2) is 5.78 Å². The van der Waals surface area contributed by atoms with Crippen molar-refractivity contribution in [2.24, 2.45) is 0 Å². The van der Waals surface area contributed by atoms with Crippen LogP contribution < -0.4 is 18.9 Å². The third kappa shape index (κ3) is 4.36. The minimum absolute atomic E-state index is 0.0835. The van der Waals surface area contributed by atoms with E-state index in [1.807, 2.05) is 0 Å². The van der Waals surface area contributed by atoms with Crippen molar-refractivity contribution in [2.75, 3.05) is 13.7 Å². The summed E-state index contributed by atoms with van der Waals surface area (Å²) < 4.78 is 69.2. The lowest BCUT2D eigenvalue weighted by atomic mass is 9.98. The van der Waals surface area contributed by atoms with Crippen LogP contribution in [0.5, 0.6) is 23.0 Å². The van der Waals surface area contributed by atoms with Crippen LogP contribution in [0.2, 0.25) is 0 Å². The molecule has 1 aliphatic heterocycles. The molecule has 0 fully saturated rings. The Bertz CT molecular complexity index is 911. The molecule has 148 valence electrons. The molecule has 0 atom stereocenters. The summed E-state index contributed by atoms with van der Waals surface area (Å²) in [4.78, 5) is 12.7. The van der Waals surface area contributed by atoms with Crippen molar-refractivity contribution in [1.29, 1.82) is 0 Å². The lowest BCUT2D eigenvalue weighted by Crippen LogP contribution is -2.19. The Hall–Kier alpha value is -3.23. The number of benzene rings is 2. The molecular weight excluding hydrogens is 384 g/mol. The van der Waals surface area contributed by atoms with E-state index in [9.17, 15) is 22.4 Å². The second kappa shape index (κ2) is 8.20. The monoisotopic (exact) mass is 398 g/mol. The summed E-state index contributed by atoms with van der Waals surface area (Å²) in [5.74, 6) is -0.324. The smallest absolute Gasteiger partial charge is 0.387 e. The van der Waals surface area contributed by atoms with Crippen molar-refractivity contribution in [3.63, 3.8) is 0 Å². The highest BCUT2D eigenvalue weighted by Crippen LogP contribution is 2.34. The molecule has 0 N–H and O–H groups in total. The topological polar surface area (TPSA) is 54.0 Å². The van der Waals surface area contributed by atoms with Gasteiger partial charge in [-0.1, -0.05) is 0 Å². The van der Waals surface area contributed by atoms with Gasteiger partial charge in [0.1, 0.15) is 29.6 Å². The predicted molar refractivity (Wildman–Crippen MR) is 90.5 cm³/mol. The summed E-state index contributed by atoms with van der Waals surface area (Å²) >= 11 is 0. The molecule has 0 spiro atoms. The highest BCUT2D eigenvalue weighted by atomic mass is 19.3. The molecule has 3 rings (SSSR count). The summed E-state index contributed by atoms with van der Waals surface area (Å²) in [6, 6.07) is 8.01. The van der Waals surface area contributed by atoms with Gasteiger partial charge in [-0.3, -0.25) is 4.79 Å². The maximum Gasteiger partial charge on any atom is 0.387 e. The first kappa shape index (κ1) is 19.5. The third-order valence-corrected chi connectivity index (χ3v) is 3.86. The number of halogens is 4. The molecule has 0 aromatic heterocycles. The predicted octanol–water partition coefficient (Wildman–Crippen LogP) is 4.56. The zero-order chi connectivity index (χ0) is 20.3. The first-order valence-electron chi connectivity index (χ1n) is 7.97. The van der Waals surface area contributed by atoms with Crippen molar-refractivity contribution < 1.29 is 41.3 Å². The van der Waals surface area contributed by atoms with Gasteiger partial charge >= 0.3 is 13.2 Å². The summed E-state index contributed by atoms with van der Waals surface area (Å²) in [6.07, 6.45) is 1.30. The van der Waals surface area contributed by atoms with Crippen molar-refractivity contribution >= 4 is 11.9 Å². The van der Waals surface area contributed by atoms with E-state index >= 15 is 0 Å². The molecular formula is C19H14F4O5. The summed E-state index contributed by atoms with van der Waals surface area (Å²) in [6.45, 7) is -6.41. The summed E-state index contributed by atoms with van der Waals surface area (Å²) in [5, 5.41) is 0. The lowest BCUT2D eigenvalue weighted by Gasteiger charge is -2.20. The minimum Gasteiger partial charge on any atom is -0.497 e. The number of alkyl halides is 4. The van der Waals surface area contributed by atoms with Crippen LogP contribution in [-0.4, -0.2) is 32.7 Å². The van der Waals surface area contributed by atoms with Gasteiger partial charge in [-0.2, -0.15) is 17.6 Å². The highest BCUT2D eigenvalue weighted by molar-refractivity contribution is 6.14. The maximum absolute atomic E-state index is 12.7. The normalized spacial score (nSPS) is 14.8.